The van der Waals surface area contributed by atoms with Gasteiger partial charge >= 0.3 is 0 Å². The van der Waals surface area contributed by atoms with Crippen molar-refractivity contribution in [3.8, 4) is 0 Å². The molecular weight excluding hydrogens is 382 g/mol. The van der Waals surface area contributed by atoms with Crippen molar-refractivity contribution >= 4 is 10.0 Å². The maximum atomic E-state index is 13.0. The topological polar surface area (TPSA) is 46.6 Å². The number of rotatable bonds is 8. The molecule has 0 aromatic heterocycles. The number of ether oxygens (including phenoxy) is 1. The quantitative estimate of drug-likeness (QED) is 0.366. The van der Waals surface area contributed by atoms with Gasteiger partial charge in [0.1, 0.15) is 0 Å². The van der Waals surface area contributed by atoms with Gasteiger partial charge in [0, 0.05) is 19.0 Å². The maximum Gasteiger partial charge on any atom is 0.243 e. The summed E-state index contributed by atoms with van der Waals surface area (Å²) < 4.78 is 33.4. The molecule has 0 saturated carbocycles. The molecule has 0 N–H and O–H groups in total. The van der Waals surface area contributed by atoms with E-state index in [1.165, 1.54) is 0 Å². The first kappa shape index (κ1) is 21.2. The lowest BCUT2D eigenvalue weighted by Gasteiger charge is -2.15. The van der Waals surface area contributed by atoms with Gasteiger partial charge in [0.15, 0.2) is 0 Å². The predicted molar refractivity (Wildman–Crippen MR) is 117 cm³/mol. The summed E-state index contributed by atoms with van der Waals surface area (Å²) in [7, 11) is -3.53. The minimum absolute atomic E-state index is 0.0218. The van der Waals surface area contributed by atoms with Crippen molar-refractivity contribution in [2.24, 2.45) is 5.92 Å². The molecule has 5 heteroatoms. The molecule has 1 saturated heterocycles. The van der Waals surface area contributed by atoms with E-state index in [0.717, 1.165) is 16.7 Å². The van der Waals surface area contributed by atoms with Crippen LogP contribution in [0.1, 0.15) is 11.1 Å². The second kappa shape index (κ2) is 9.83. The number of allylic oxidation sites excluding steroid dienone is 2. The third kappa shape index (κ3) is 5.54. The molecule has 1 aliphatic heterocycles. The van der Waals surface area contributed by atoms with Crippen LogP contribution in [-0.2, 0) is 21.4 Å². The van der Waals surface area contributed by atoms with Gasteiger partial charge in [0.05, 0.1) is 18.1 Å². The zero-order valence-electron chi connectivity index (χ0n) is 16.7. The molecule has 1 fully saturated rings. The lowest BCUT2D eigenvalue weighted by atomic mass is 10.0. The van der Waals surface area contributed by atoms with Crippen LogP contribution in [0.4, 0.5) is 0 Å². The Morgan fingerprint density at radius 3 is 2.55 bits per heavy atom. The SMILES string of the molecule is C=C/C=C/C1CN(S(=O)(=O)c2ccc(C)cc2)C/C1=C/COCc1ccccc1. The molecule has 1 atom stereocenters. The van der Waals surface area contributed by atoms with Gasteiger partial charge in [0.2, 0.25) is 10.0 Å². The Balaban J connectivity index is 1.71. The summed E-state index contributed by atoms with van der Waals surface area (Å²) in [6, 6.07) is 17.0. The number of benzene rings is 2. The minimum Gasteiger partial charge on any atom is -0.373 e. The highest BCUT2D eigenvalue weighted by molar-refractivity contribution is 7.89. The fourth-order valence-corrected chi connectivity index (χ4v) is 4.75. The summed E-state index contributed by atoms with van der Waals surface area (Å²) in [4.78, 5) is 0.330. The summed E-state index contributed by atoms with van der Waals surface area (Å²) in [6.07, 6.45) is 7.58. The zero-order chi connectivity index (χ0) is 20.7. The van der Waals surface area contributed by atoms with Crippen LogP contribution in [-0.4, -0.2) is 32.4 Å². The van der Waals surface area contributed by atoms with Crippen molar-refractivity contribution in [3.05, 3.63) is 102 Å². The van der Waals surface area contributed by atoms with Crippen LogP contribution in [0.2, 0.25) is 0 Å². The number of sulfonamides is 1. The summed E-state index contributed by atoms with van der Waals surface area (Å²) >= 11 is 0. The average molecular weight is 410 g/mol. The van der Waals surface area contributed by atoms with E-state index in [1.807, 2.05) is 67.6 Å². The van der Waals surface area contributed by atoms with Crippen molar-refractivity contribution in [3.63, 3.8) is 0 Å². The monoisotopic (exact) mass is 409 g/mol. The van der Waals surface area contributed by atoms with Gasteiger partial charge in [-0.1, -0.05) is 78.9 Å². The molecule has 4 nitrogen and oxygen atoms in total. The first-order valence-corrected chi connectivity index (χ1v) is 11.1. The van der Waals surface area contributed by atoms with Crippen molar-refractivity contribution < 1.29 is 13.2 Å². The van der Waals surface area contributed by atoms with Crippen LogP contribution >= 0.6 is 0 Å². The summed E-state index contributed by atoms with van der Waals surface area (Å²) in [5.74, 6) is 0.0218. The highest BCUT2D eigenvalue weighted by Gasteiger charge is 2.34. The standard InChI is InChI=1S/C24H27NO3S/c1-3-4-10-22-17-25(29(26,27)24-13-11-20(2)12-14-24)18-23(22)15-16-28-19-21-8-6-5-7-9-21/h3-15,22H,1,16-19H2,2H3/b10-4+,23-15-. The molecule has 1 heterocycles. The molecule has 29 heavy (non-hydrogen) atoms. The number of aryl methyl sites for hydroxylation is 1. The first-order chi connectivity index (χ1) is 14.0. The van der Waals surface area contributed by atoms with Crippen molar-refractivity contribution in [2.45, 2.75) is 18.4 Å². The molecule has 0 radical (unpaired) electrons. The van der Waals surface area contributed by atoms with Crippen LogP contribution in [0.3, 0.4) is 0 Å². The Bertz CT molecular complexity index is 977. The minimum atomic E-state index is -3.53. The Morgan fingerprint density at radius 1 is 1.14 bits per heavy atom. The second-order valence-electron chi connectivity index (χ2n) is 7.12. The van der Waals surface area contributed by atoms with Gasteiger partial charge in [-0.05, 0) is 30.2 Å². The Labute approximate surface area is 173 Å². The molecule has 3 rings (SSSR count). The van der Waals surface area contributed by atoms with E-state index in [1.54, 1.807) is 22.5 Å². The van der Waals surface area contributed by atoms with E-state index >= 15 is 0 Å². The molecule has 1 aliphatic rings. The lowest BCUT2D eigenvalue weighted by Crippen LogP contribution is -2.28. The molecule has 0 spiro atoms. The molecule has 2 aromatic carbocycles. The summed E-state index contributed by atoms with van der Waals surface area (Å²) in [6.45, 7) is 7.43. The number of hydrogen-bond acceptors (Lipinski definition) is 3. The van der Waals surface area contributed by atoms with E-state index in [9.17, 15) is 8.42 Å². The Hall–Kier alpha value is -2.47. The van der Waals surface area contributed by atoms with Crippen LogP contribution in [0.25, 0.3) is 0 Å². The zero-order valence-corrected chi connectivity index (χ0v) is 17.5. The molecule has 0 amide bonds. The smallest absolute Gasteiger partial charge is 0.243 e. The van der Waals surface area contributed by atoms with Gasteiger partial charge in [-0.25, -0.2) is 8.42 Å². The van der Waals surface area contributed by atoms with E-state index in [-0.39, 0.29) is 5.92 Å². The normalized spacial score (nSPS) is 19.2. The fraction of sp³-hybridized carbons (Fsp3) is 0.250. The Morgan fingerprint density at radius 2 is 1.86 bits per heavy atom. The number of nitrogens with zero attached hydrogens (tertiary/aromatic N) is 1. The van der Waals surface area contributed by atoms with E-state index in [2.05, 4.69) is 6.58 Å². The van der Waals surface area contributed by atoms with Crippen molar-refractivity contribution in [1.29, 1.82) is 0 Å². The average Bonchev–Trinajstić information content (AvgIpc) is 3.14. The highest BCUT2D eigenvalue weighted by atomic mass is 32.2. The highest BCUT2D eigenvalue weighted by Crippen LogP contribution is 2.29. The molecule has 1 unspecified atom stereocenters. The fourth-order valence-electron chi connectivity index (χ4n) is 3.29. The molecule has 152 valence electrons. The van der Waals surface area contributed by atoms with E-state index in [4.69, 9.17) is 4.74 Å². The molecule has 2 aromatic rings. The Kier molecular flexibility index (Phi) is 7.20. The molecular formula is C24H27NO3S. The van der Waals surface area contributed by atoms with Gasteiger partial charge in [-0.2, -0.15) is 4.31 Å². The molecule has 0 bridgehead atoms. The predicted octanol–water partition coefficient (Wildman–Crippen LogP) is 4.50. The number of hydrogen-bond donors (Lipinski definition) is 0. The van der Waals surface area contributed by atoms with Gasteiger partial charge in [-0.3, -0.25) is 0 Å². The third-order valence-electron chi connectivity index (χ3n) is 4.95. The van der Waals surface area contributed by atoms with Crippen molar-refractivity contribution in [2.75, 3.05) is 19.7 Å². The van der Waals surface area contributed by atoms with Crippen LogP contribution < -0.4 is 0 Å². The summed E-state index contributed by atoms with van der Waals surface area (Å²) in [5, 5.41) is 0. The first-order valence-electron chi connectivity index (χ1n) is 9.67. The second-order valence-corrected chi connectivity index (χ2v) is 9.06. The third-order valence-corrected chi connectivity index (χ3v) is 6.77. The van der Waals surface area contributed by atoms with Gasteiger partial charge in [0.25, 0.3) is 0 Å². The lowest BCUT2D eigenvalue weighted by molar-refractivity contribution is 0.148. The maximum absolute atomic E-state index is 13.0. The van der Waals surface area contributed by atoms with E-state index < -0.39 is 10.0 Å². The van der Waals surface area contributed by atoms with E-state index in [0.29, 0.717) is 31.2 Å². The largest absolute Gasteiger partial charge is 0.373 e. The van der Waals surface area contributed by atoms with Gasteiger partial charge in [-0.15, -0.1) is 0 Å². The van der Waals surface area contributed by atoms with Gasteiger partial charge < -0.3 is 4.74 Å². The van der Waals surface area contributed by atoms with Crippen LogP contribution in [0.5, 0.6) is 0 Å². The van der Waals surface area contributed by atoms with Crippen LogP contribution in [0, 0.1) is 12.8 Å². The van der Waals surface area contributed by atoms with Crippen molar-refractivity contribution in [1.82, 2.24) is 4.31 Å². The van der Waals surface area contributed by atoms with Crippen LogP contribution in [0.15, 0.2) is 95.9 Å². The summed E-state index contributed by atoms with van der Waals surface area (Å²) in [5.41, 5.74) is 3.20. The molecule has 0 aliphatic carbocycles.